The van der Waals surface area contributed by atoms with E-state index < -0.39 is 0 Å². The molecule has 1 N–H and O–H groups in total. The molecule has 1 heterocycles. The lowest BCUT2D eigenvalue weighted by Crippen LogP contribution is -2.27. The van der Waals surface area contributed by atoms with Crippen molar-refractivity contribution in [2.75, 3.05) is 25.2 Å². The number of anilines is 2. The van der Waals surface area contributed by atoms with Gasteiger partial charge in [0.25, 0.3) is 5.91 Å². The molecule has 0 saturated heterocycles. The lowest BCUT2D eigenvalue weighted by molar-refractivity contribution is 0.0943. The molecule has 6 heteroatoms. The van der Waals surface area contributed by atoms with Crippen LogP contribution in [0.1, 0.15) is 28.3 Å². The van der Waals surface area contributed by atoms with Gasteiger partial charge in [0.15, 0.2) is 0 Å². The highest BCUT2D eigenvalue weighted by Gasteiger charge is 2.16. The van der Waals surface area contributed by atoms with Gasteiger partial charge in [0.05, 0.1) is 0 Å². The maximum Gasteiger partial charge on any atom is 0.270 e. The van der Waals surface area contributed by atoms with Crippen molar-refractivity contribution in [3.8, 4) is 0 Å². The van der Waals surface area contributed by atoms with E-state index in [2.05, 4.69) is 32.3 Å². The number of hydrogen-bond donors (Lipinski definition) is 1. The Morgan fingerprint density at radius 3 is 2.41 bits per heavy atom. The SMILES string of the molecule is COCCCNC(=O)c1cc(N(Cc2ccccc2)c2ccccc2)nc(C)n1. The summed E-state index contributed by atoms with van der Waals surface area (Å²) in [7, 11) is 1.65. The van der Waals surface area contributed by atoms with E-state index in [-0.39, 0.29) is 5.91 Å². The van der Waals surface area contributed by atoms with Crippen molar-refractivity contribution >= 4 is 17.4 Å². The second-order valence-corrected chi connectivity index (χ2v) is 6.67. The molecule has 3 aromatic rings. The van der Waals surface area contributed by atoms with E-state index in [1.165, 1.54) is 0 Å². The average Bonchev–Trinajstić information content (AvgIpc) is 2.76. The van der Waals surface area contributed by atoms with Crippen molar-refractivity contribution in [3.63, 3.8) is 0 Å². The van der Waals surface area contributed by atoms with Gasteiger partial charge in [0.2, 0.25) is 0 Å². The van der Waals surface area contributed by atoms with Crippen LogP contribution in [0.2, 0.25) is 0 Å². The molecule has 0 atom stereocenters. The molecule has 1 amide bonds. The van der Waals surface area contributed by atoms with Gasteiger partial charge in [-0.1, -0.05) is 48.5 Å². The van der Waals surface area contributed by atoms with Crippen molar-refractivity contribution in [1.82, 2.24) is 15.3 Å². The van der Waals surface area contributed by atoms with E-state index in [1.807, 2.05) is 48.5 Å². The highest BCUT2D eigenvalue weighted by Crippen LogP contribution is 2.26. The van der Waals surface area contributed by atoms with Gasteiger partial charge in [-0.05, 0) is 31.0 Å². The zero-order valence-electron chi connectivity index (χ0n) is 16.8. The summed E-state index contributed by atoms with van der Waals surface area (Å²) >= 11 is 0. The minimum absolute atomic E-state index is 0.208. The molecule has 0 radical (unpaired) electrons. The molecule has 0 aliphatic carbocycles. The summed E-state index contributed by atoms with van der Waals surface area (Å²) in [4.78, 5) is 23.6. The van der Waals surface area contributed by atoms with Crippen molar-refractivity contribution in [2.24, 2.45) is 0 Å². The summed E-state index contributed by atoms with van der Waals surface area (Å²) in [6.07, 6.45) is 0.753. The Balaban J connectivity index is 1.89. The van der Waals surface area contributed by atoms with Gasteiger partial charge in [0, 0.05) is 38.6 Å². The van der Waals surface area contributed by atoms with E-state index >= 15 is 0 Å². The van der Waals surface area contributed by atoms with Crippen LogP contribution >= 0.6 is 0 Å². The lowest BCUT2D eigenvalue weighted by atomic mass is 10.2. The number of nitrogens with zero attached hydrogens (tertiary/aromatic N) is 3. The molecular weight excluding hydrogens is 364 g/mol. The predicted molar refractivity (Wildman–Crippen MR) is 114 cm³/mol. The van der Waals surface area contributed by atoms with E-state index in [9.17, 15) is 4.79 Å². The molecule has 150 valence electrons. The van der Waals surface area contributed by atoms with E-state index in [1.54, 1.807) is 20.1 Å². The fraction of sp³-hybridized carbons (Fsp3) is 0.261. The molecular formula is C23H26N4O2. The minimum atomic E-state index is -0.208. The van der Waals surface area contributed by atoms with Crippen LogP contribution < -0.4 is 10.2 Å². The topological polar surface area (TPSA) is 67.3 Å². The minimum Gasteiger partial charge on any atom is -0.385 e. The number of carbonyl (C=O) groups is 1. The van der Waals surface area contributed by atoms with Crippen molar-refractivity contribution in [2.45, 2.75) is 19.9 Å². The van der Waals surface area contributed by atoms with Crippen LogP contribution in [-0.4, -0.2) is 36.1 Å². The number of carbonyl (C=O) groups excluding carboxylic acids is 1. The van der Waals surface area contributed by atoms with Gasteiger partial charge in [-0.15, -0.1) is 0 Å². The number of methoxy groups -OCH3 is 1. The third-order valence-electron chi connectivity index (χ3n) is 4.40. The molecule has 29 heavy (non-hydrogen) atoms. The Labute approximate surface area is 171 Å². The highest BCUT2D eigenvalue weighted by molar-refractivity contribution is 5.93. The van der Waals surface area contributed by atoms with Crippen LogP contribution in [0, 0.1) is 6.92 Å². The second kappa shape index (κ2) is 10.3. The summed E-state index contributed by atoms with van der Waals surface area (Å²) < 4.78 is 5.02. The zero-order valence-corrected chi connectivity index (χ0v) is 16.8. The van der Waals surface area contributed by atoms with Crippen LogP contribution in [0.4, 0.5) is 11.5 Å². The third-order valence-corrected chi connectivity index (χ3v) is 4.40. The number of ether oxygens (including phenoxy) is 1. The Kier molecular flexibility index (Phi) is 7.30. The summed E-state index contributed by atoms with van der Waals surface area (Å²) in [5.74, 6) is 1.04. The largest absolute Gasteiger partial charge is 0.385 e. The Morgan fingerprint density at radius 1 is 1.03 bits per heavy atom. The first-order chi connectivity index (χ1) is 14.2. The Morgan fingerprint density at radius 2 is 1.72 bits per heavy atom. The molecule has 2 aromatic carbocycles. The van der Waals surface area contributed by atoms with Gasteiger partial charge in [-0.3, -0.25) is 4.79 Å². The van der Waals surface area contributed by atoms with E-state index in [0.717, 1.165) is 17.7 Å². The van der Waals surface area contributed by atoms with Crippen molar-refractivity contribution < 1.29 is 9.53 Å². The summed E-state index contributed by atoms with van der Waals surface area (Å²) in [5.41, 5.74) is 2.51. The third kappa shape index (κ3) is 5.86. The van der Waals surface area contributed by atoms with Gasteiger partial charge < -0.3 is 15.0 Å². The molecule has 1 aromatic heterocycles. The monoisotopic (exact) mass is 390 g/mol. The number of nitrogens with one attached hydrogen (secondary N) is 1. The van der Waals surface area contributed by atoms with Gasteiger partial charge in [-0.2, -0.15) is 0 Å². The zero-order chi connectivity index (χ0) is 20.5. The molecule has 0 aliphatic heterocycles. The number of aromatic nitrogens is 2. The smallest absolute Gasteiger partial charge is 0.270 e. The number of benzene rings is 2. The van der Waals surface area contributed by atoms with Crippen LogP contribution in [0.25, 0.3) is 0 Å². The first-order valence-corrected chi connectivity index (χ1v) is 9.66. The van der Waals surface area contributed by atoms with Crippen LogP contribution in [0.15, 0.2) is 66.7 Å². The van der Waals surface area contributed by atoms with Gasteiger partial charge in [0.1, 0.15) is 17.3 Å². The van der Waals surface area contributed by atoms with Crippen LogP contribution in [-0.2, 0) is 11.3 Å². The molecule has 0 fully saturated rings. The fourth-order valence-corrected chi connectivity index (χ4v) is 2.99. The normalized spacial score (nSPS) is 10.6. The maximum absolute atomic E-state index is 12.6. The molecule has 0 saturated carbocycles. The molecule has 0 spiro atoms. The van der Waals surface area contributed by atoms with Crippen LogP contribution in [0.5, 0.6) is 0 Å². The highest BCUT2D eigenvalue weighted by atomic mass is 16.5. The second-order valence-electron chi connectivity index (χ2n) is 6.67. The maximum atomic E-state index is 12.6. The van der Waals surface area contributed by atoms with Gasteiger partial charge >= 0.3 is 0 Å². The first-order valence-electron chi connectivity index (χ1n) is 9.66. The number of rotatable bonds is 9. The molecule has 3 rings (SSSR count). The van der Waals surface area contributed by atoms with Crippen molar-refractivity contribution in [1.29, 1.82) is 0 Å². The number of hydrogen-bond acceptors (Lipinski definition) is 5. The first kappa shape index (κ1) is 20.5. The molecule has 0 aliphatic rings. The molecule has 0 bridgehead atoms. The Hall–Kier alpha value is -3.25. The summed E-state index contributed by atoms with van der Waals surface area (Å²) in [6, 6.07) is 22.0. The average molecular weight is 390 g/mol. The summed E-state index contributed by atoms with van der Waals surface area (Å²) in [5, 5.41) is 2.89. The summed E-state index contributed by atoms with van der Waals surface area (Å²) in [6.45, 7) is 3.58. The van der Waals surface area contributed by atoms with E-state index in [4.69, 9.17) is 4.74 Å². The van der Waals surface area contributed by atoms with E-state index in [0.29, 0.717) is 37.0 Å². The number of amides is 1. The standard InChI is InChI=1S/C23H26N4O2/c1-18-25-21(23(28)24-14-9-15-29-2)16-22(26-18)27(20-12-7-4-8-13-20)17-19-10-5-3-6-11-19/h3-8,10-13,16H,9,14-15,17H2,1-2H3,(H,24,28). The molecule has 6 nitrogen and oxygen atoms in total. The quantitative estimate of drug-likeness (QED) is 0.562. The fourth-order valence-electron chi connectivity index (χ4n) is 2.99. The van der Waals surface area contributed by atoms with Gasteiger partial charge in [-0.25, -0.2) is 9.97 Å². The predicted octanol–water partition coefficient (Wildman–Crippen LogP) is 3.89. The molecule has 0 unspecified atom stereocenters. The number of para-hydroxylation sites is 1. The number of aryl methyl sites for hydroxylation is 1. The van der Waals surface area contributed by atoms with Crippen LogP contribution in [0.3, 0.4) is 0 Å². The van der Waals surface area contributed by atoms with Crippen molar-refractivity contribution in [3.05, 3.63) is 83.8 Å². The Bertz CT molecular complexity index is 917. The lowest BCUT2D eigenvalue weighted by Gasteiger charge is -2.24.